The molecule has 0 fully saturated rings. The summed E-state index contributed by atoms with van der Waals surface area (Å²) in [6, 6.07) is 10.9. The summed E-state index contributed by atoms with van der Waals surface area (Å²) in [4.78, 5) is 24.3. The second-order valence-electron chi connectivity index (χ2n) is 4.71. The monoisotopic (exact) mass is 338 g/mol. The number of nitro groups is 1. The molecule has 0 aromatic heterocycles. The molecule has 114 valence electrons. The summed E-state index contributed by atoms with van der Waals surface area (Å²) >= 11 is 11.6. The second-order valence-corrected chi connectivity index (χ2v) is 5.58. The van der Waals surface area contributed by atoms with E-state index in [0.29, 0.717) is 11.6 Å². The van der Waals surface area contributed by atoms with Crippen LogP contribution in [0.1, 0.15) is 15.9 Å². The number of hydrogen-bond donors (Lipinski definition) is 0. The van der Waals surface area contributed by atoms with E-state index < -0.39 is 10.8 Å². The van der Waals surface area contributed by atoms with E-state index in [0.717, 1.165) is 5.56 Å². The van der Waals surface area contributed by atoms with Gasteiger partial charge >= 0.3 is 0 Å². The fourth-order valence-electron chi connectivity index (χ4n) is 1.98. The molecule has 0 saturated carbocycles. The van der Waals surface area contributed by atoms with E-state index in [1.54, 1.807) is 31.3 Å². The first-order chi connectivity index (χ1) is 10.4. The lowest BCUT2D eigenvalue weighted by Crippen LogP contribution is -2.26. The number of benzene rings is 2. The van der Waals surface area contributed by atoms with Crippen molar-refractivity contribution in [2.24, 2.45) is 0 Å². The van der Waals surface area contributed by atoms with E-state index in [-0.39, 0.29) is 16.3 Å². The first-order valence-electron chi connectivity index (χ1n) is 6.32. The predicted octanol–water partition coefficient (Wildman–Crippen LogP) is 4.17. The van der Waals surface area contributed by atoms with Crippen LogP contribution < -0.4 is 0 Å². The van der Waals surface area contributed by atoms with Gasteiger partial charge in [-0.15, -0.1) is 0 Å². The van der Waals surface area contributed by atoms with Gasteiger partial charge in [0.1, 0.15) is 5.56 Å². The molecule has 2 rings (SSSR count). The molecule has 0 unspecified atom stereocenters. The molecule has 22 heavy (non-hydrogen) atoms. The predicted molar refractivity (Wildman–Crippen MR) is 85.4 cm³/mol. The zero-order valence-corrected chi connectivity index (χ0v) is 13.1. The number of nitrogens with zero attached hydrogens (tertiary/aromatic N) is 2. The molecule has 0 aliphatic heterocycles. The lowest BCUT2D eigenvalue weighted by atomic mass is 10.1. The van der Waals surface area contributed by atoms with Crippen LogP contribution in [0.5, 0.6) is 0 Å². The zero-order chi connectivity index (χ0) is 16.3. The van der Waals surface area contributed by atoms with E-state index >= 15 is 0 Å². The fourth-order valence-corrected chi connectivity index (χ4v) is 2.28. The van der Waals surface area contributed by atoms with Gasteiger partial charge in [0.25, 0.3) is 11.6 Å². The fraction of sp³-hybridized carbons (Fsp3) is 0.133. The quantitative estimate of drug-likeness (QED) is 0.620. The number of nitro benzene ring substituents is 1. The van der Waals surface area contributed by atoms with Gasteiger partial charge in [0, 0.05) is 29.7 Å². The minimum Gasteiger partial charge on any atom is -0.337 e. The molecule has 0 aliphatic rings. The van der Waals surface area contributed by atoms with Crippen molar-refractivity contribution in [2.75, 3.05) is 7.05 Å². The van der Waals surface area contributed by atoms with Gasteiger partial charge < -0.3 is 4.90 Å². The van der Waals surface area contributed by atoms with Crippen molar-refractivity contribution in [1.82, 2.24) is 4.90 Å². The Balaban J connectivity index is 2.25. The number of halogens is 2. The topological polar surface area (TPSA) is 63.5 Å². The molecule has 1 amide bonds. The SMILES string of the molecule is CN(Cc1ccc(Cl)cc1)C(=O)c1cc(Cl)ccc1[N+](=O)[O-]. The highest BCUT2D eigenvalue weighted by Gasteiger charge is 2.23. The maximum Gasteiger partial charge on any atom is 0.282 e. The van der Waals surface area contributed by atoms with Crippen LogP contribution in [0.25, 0.3) is 0 Å². The maximum atomic E-state index is 12.4. The maximum absolute atomic E-state index is 12.4. The summed E-state index contributed by atoms with van der Waals surface area (Å²) in [6.45, 7) is 0.305. The smallest absolute Gasteiger partial charge is 0.282 e. The molecule has 0 radical (unpaired) electrons. The van der Waals surface area contributed by atoms with Gasteiger partial charge in [0.05, 0.1) is 4.92 Å². The van der Waals surface area contributed by atoms with E-state index in [9.17, 15) is 14.9 Å². The van der Waals surface area contributed by atoms with Gasteiger partial charge in [-0.05, 0) is 29.8 Å². The highest BCUT2D eigenvalue weighted by atomic mass is 35.5. The Hall–Kier alpha value is -2.11. The van der Waals surface area contributed by atoms with Crippen molar-refractivity contribution >= 4 is 34.8 Å². The van der Waals surface area contributed by atoms with Crippen LogP contribution in [0.3, 0.4) is 0 Å². The average molecular weight is 339 g/mol. The van der Waals surface area contributed by atoms with E-state index in [1.165, 1.54) is 23.1 Å². The van der Waals surface area contributed by atoms with Gasteiger partial charge in [-0.2, -0.15) is 0 Å². The first-order valence-corrected chi connectivity index (χ1v) is 7.08. The molecule has 5 nitrogen and oxygen atoms in total. The van der Waals surface area contributed by atoms with Crippen molar-refractivity contribution in [3.63, 3.8) is 0 Å². The number of rotatable bonds is 4. The van der Waals surface area contributed by atoms with Crippen LogP contribution in [-0.4, -0.2) is 22.8 Å². The Labute approximate surface area is 137 Å². The summed E-state index contributed by atoms with van der Waals surface area (Å²) in [6.07, 6.45) is 0. The second kappa shape index (κ2) is 6.77. The van der Waals surface area contributed by atoms with Crippen molar-refractivity contribution in [3.05, 3.63) is 73.8 Å². The van der Waals surface area contributed by atoms with Crippen LogP contribution in [0.2, 0.25) is 10.0 Å². The molecule has 0 saturated heterocycles. The molecule has 0 spiro atoms. The van der Waals surface area contributed by atoms with Crippen molar-refractivity contribution in [2.45, 2.75) is 6.54 Å². The molecule has 2 aromatic carbocycles. The summed E-state index contributed by atoms with van der Waals surface area (Å²) in [5.74, 6) is -0.468. The zero-order valence-electron chi connectivity index (χ0n) is 11.6. The van der Waals surface area contributed by atoms with E-state index in [1.807, 2.05) is 0 Å². The summed E-state index contributed by atoms with van der Waals surface area (Å²) in [5.41, 5.74) is 0.566. The van der Waals surface area contributed by atoms with Gasteiger partial charge in [0.2, 0.25) is 0 Å². The number of amides is 1. The minimum atomic E-state index is -0.598. The van der Waals surface area contributed by atoms with Gasteiger partial charge in [-0.1, -0.05) is 35.3 Å². The van der Waals surface area contributed by atoms with Gasteiger partial charge in [-0.25, -0.2) is 0 Å². The molecule has 0 atom stereocenters. The third kappa shape index (κ3) is 3.75. The Bertz CT molecular complexity index is 717. The summed E-state index contributed by atoms with van der Waals surface area (Å²) < 4.78 is 0. The molecule has 0 heterocycles. The summed E-state index contributed by atoms with van der Waals surface area (Å²) in [7, 11) is 1.57. The number of hydrogen-bond acceptors (Lipinski definition) is 3. The molecule has 0 bridgehead atoms. The van der Waals surface area contributed by atoms with Gasteiger partial charge in [-0.3, -0.25) is 14.9 Å². The summed E-state index contributed by atoms with van der Waals surface area (Å²) in [5, 5.41) is 11.9. The van der Waals surface area contributed by atoms with Crippen LogP contribution in [0.15, 0.2) is 42.5 Å². The Morgan fingerprint density at radius 3 is 2.32 bits per heavy atom. The molecule has 0 aliphatic carbocycles. The van der Waals surface area contributed by atoms with Crippen LogP contribution in [0.4, 0.5) is 5.69 Å². The molecular formula is C15H12Cl2N2O3. The Morgan fingerprint density at radius 2 is 1.73 bits per heavy atom. The normalized spacial score (nSPS) is 10.3. The lowest BCUT2D eigenvalue weighted by molar-refractivity contribution is -0.385. The van der Waals surface area contributed by atoms with Crippen molar-refractivity contribution < 1.29 is 9.72 Å². The Kier molecular flexibility index (Phi) is 5.00. The highest BCUT2D eigenvalue weighted by Crippen LogP contribution is 2.24. The van der Waals surface area contributed by atoms with Crippen molar-refractivity contribution in [3.8, 4) is 0 Å². The number of carbonyl (C=O) groups excluding carboxylic acids is 1. The van der Waals surface area contributed by atoms with Crippen LogP contribution in [0, 0.1) is 10.1 Å². The first kappa shape index (κ1) is 16.3. The van der Waals surface area contributed by atoms with Crippen LogP contribution >= 0.6 is 23.2 Å². The lowest BCUT2D eigenvalue weighted by Gasteiger charge is -2.17. The molecule has 0 N–H and O–H groups in total. The molecular weight excluding hydrogens is 327 g/mol. The Morgan fingerprint density at radius 1 is 1.14 bits per heavy atom. The van der Waals surface area contributed by atoms with Crippen LogP contribution in [-0.2, 0) is 6.54 Å². The highest BCUT2D eigenvalue weighted by molar-refractivity contribution is 6.31. The third-order valence-corrected chi connectivity index (χ3v) is 3.55. The standard InChI is InChI=1S/C15H12Cl2N2O3/c1-18(9-10-2-4-11(16)5-3-10)15(20)13-8-12(17)6-7-14(13)19(21)22/h2-8H,9H2,1H3. The van der Waals surface area contributed by atoms with Crippen molar-refractivity contribution in [1.29, 1.82) is 0 Å². The largest absolute Gasteiger partial charge is 0.337 e. The molecule has 7 heteroatoms. The van der Waals surface area contributed by atoms with E-state index in [4.69, 9.17) is 23.2 Å². The van der Waals surface area contributed by atoms with Gasteiger partial charge in [0.15, 0.2) is 0 Å². The third-order valence-electron chi connectivity index (χ3n) is 3.07. The molecule has 2 aromatic rings. The van der Waals surface area contributed by atoms with E-state index in [2.05, 4.69) is 0 Å². The average Bonchev–Trinajstić information content (AvgIpc) is 2.48. The minimum absolute atomic E-state index is 0.0334. The number of carbonyl (C=O) groups is 1.